The van der Waals surface area contributed by atoms with E-state index in [0.717, 1.165) is 47.0 Å². The Morgan fingerprint density at radius 3 is 2.65 bits per heavy atom. The highest BCUT2D eigenvalue weighted by atomic mass is 32.1. The lowest BCUT2D eigenvalue weighted by Crippen LogP contribution is -2.48. The van der Waals surface area contributed by atoms with Crippen LogP contribution >= 0.6 is 11.3 Å². The summed E-state index contributed by atoms with van der Waals surface area (Å²) in [4.78, 5) is 21.6. The number of piperidine rings is 1. The number of thiazole rings is 1. The van der Waals surface area contributed by atoms with E-state index in [4.69, 9.17) is 9.72 Å². The summed E-state index contributed by atoms with van der Waals surface area (Å²) in [5, 5.41) is 1.05. The number of aromatic nitrogens is 1. The number of carbonyl (C=O) groups excluding carboxylic acids is 1. The van der Waals surface area contributed by atoms with Crippen LogP contribution in [0.5, 0.6) is 5.75 Å². The normalized spacial score (nSPS) is 16.1. The molecule has 5 nitrogen and oxygen atoms in total. The average Bonchev–Trinajstić information content (AvgIpc) is 3.05. The Bertz CT molecular complexity index is 773. The van der Waals surface area contributed by atoms with Crippen LogP contribution in [0.25, 0.3) is 10.2 Å². The first kappa shape index (κ1) is 19.0. The molecule has 1 saturated heterocycles. The van der Waals surface area contributed by atoms with E-state index in [1.807, 2.05) is 51.8 Å². The molecule has 1 aliphatic rings. The summed E-state index contributed by atoms with van der Waals surface area (Å²) in [5.74, 6) is 1.08. The van der Waals surface area contributed by atoms with E-state index in [0.29, 0.717) is 12.6 Å². The summed E-state index contributed by atoms with van der Waals surface area (Å²) in [7, 11) is 1.94. The topological polar surface area (TPSA) is 45.7 Å². The van der Waals surface area contributed by atoms with Crippen LogP contribution in [0.1, 0.15) is 40.5 Å². The highest BCUT2D eigenvalue weighted by molar-refractivity contribution is 7.22. The summed E-state index contributed by atoms with van der Waals surface area (Å²) in [5.41, 5.74) is 0.630. The van der Waals surface area contributed by atoms with E-state index in [9.17, 15) is 4.79 Å². The molecule has 2 heterocycles. The molecule has 26 heavy (non-hydrogen) atoms. The van der Waals surface area contributed by atoms with Crippen LogP contribution in [-0.2, 0) is 4.79 Å². The van der Waals surface area contributed by atoms with Gasteiger partial charge < -0.3 is 14.5 Å². The molecule has 0 spiro atoms. The quantitative estimate of drug-likeness (QED) is 0.805. The van der Waals surface area contributed by atoms with Gasteiger partial charge in [0.2, 0.25) is 5.91 Å². The number of hydrogen-bond donors (Lipinski definition) is 0. The third-order valence-electron chi connectivity index (χ3n) is 4.92. The second-order valence-corrected chi connectivity index (χ2v) is 8.93. The number of ether oxygens (including phenoxy) is 1. The second-order valence-electron chi connectivity index (χ2n) is 7.92. The Labute approximate surface area is 160 Å². The molecule has 0 saturated carbocycles. The molecule has 1 fully saturated rings. The molecule has 0 unspecified atom stereocenters. The molecule has 0 atom stereocenters. The third kappa shape index (κ3) is 3.80. The fraction of sp³-hybridized carbons (Fsp3) is 0.600. The lowest BCUT2D eigenvalue weighted by atomic mass is 9.93. The van der Waals surface area contributed by atoms with Crippen LogP contribution in [0.4, 0.5) is 5.13 Å². The molecule has 0 bridgehead atoms. The molecule has 0 radical (unpaired) electrons. The maximum atomic E-state index is 12.5. The third-order valence-corrected chi connectivity index (χ3v) is 6.00. The van der Waals surface area contributed by atoms with Gasteiger partial charge in [0.1, 0.15) is 11.3 Å². The summed E-state index contributed by atoms with van der Waals surface area (Å²) < 4.78 is 6.87. The Morgan fingerprint density at radius 1 is 1.35 bits per heavy atom. The van der Waals surface area contributed by atoms with Crippen LogP contribution in [0.15, 0.2) is 18.2 Å². The van der Waals surface area contributed by atoms with E-state index >= 15 is 0 Å². The van der Waals surface area contributed by atoms with Gasteiger partial charge in [0.25, 0.3) is 0 Å². The Balaban J connectivity index is 1.69. The zero-order valence-corrected chi connectivity index (χ0v) is 17.2. The van der Waals surface area contributed by atoms with Gasteiger partial charge in [0.05, 0.1) is 11.3 Å². The number of fused-ring (bicyclic) bond motifs is 1. The molecule has 1 aliphatic heterocycles. The van der Waals surface area contributed by atoms with Crippen molar-refractivity contribution in [1.82, 2.24) is 9.88 Å². The molecule has 0 N–H and O–H groups in total. The van der Waals surface area contributed by atoms with Crippen LogP contribution in [-0.4, -0.2) is 48.6 Å². The van der Waals surface area contributed by atoms with E-state index in [2.05, 4.69) is 11.0 Å². The molecular weight excluding hydrogens is 346 g/mol. The monoisotopic (exact) mass is 375 g/mol. The molecule has 1 aromatic heterocycles. The predicted molar refractivity (Wildman–Crippen MR) is 108 cm³/mol. The van der Waals surface area contributed by atoms with Crippen molar-refractivity contribution in [2.75, 3.05) is 31.6 Å². The lowest BCUT2D eigenvalue weighted by molar-refractivity contribution is -0.140. The van der Waals surface area contributed by atoms with E-state index < -0.39 is 0 Å². The minimum atomic E-state index is -0.325. The van der Waals surface area contributed by atoms with Gasteiger partial charge in [-0.1, -0.05) is 38.2 Å². The van der Waals surface area contributed by atoms with Crippen LogP contribution in [0.3, 0.4) is 0 Å². The molecule has 1 amide bonds. The fourth-order valence-electron chi connectivity index (χ4n) is 3.46. The minimum Gasteiger partial charge on any atom is -0.492 e. The number of rotatable bonds is 4. The number of carbonyl (C=O) groups is 1. The maximum Gasteiger partial charge on any atom is 0.227 e. The zero-order chi connectivity index (χ0) is 18.9. The molecule has 6 heteroatoms. The molecular formula is C20H29N3O2S. The minimum absolute atomic E-state index is 0.220. The first-order valence-corrected chi connectivity index (χ1v) is 10.2. The Morgan fingerprint density at radius 2 is 2.04 bits per heavy atom. The molecule has 2 aromatic rings. The Kier molecular flexibility index (Phi) is 5.42. The van der Waals surface area contributed by atoms with Crippen molar-refractivity contribution in [2.24, 2.45) is 5.41 Å². The SMILES string of the molecule is CCOc1cccc2sc(N3CCC(N(C)C(=O)C(C)(C)C)CC3)nc12. The molecule has 1 aromatic carbocycles. The van der Waals surface area contributed by atoms with Crippen molar-refractivity contribution in [1.29, 1.82) is 0 Å². The van der Waals surface area contributed by atoms with Gasteiger partial charge in [-0.3, -0.25) is 4.79 Å². The molecule has 142 valence electrons. The number of anilines is 1. The standard InChI is InChI=1S/C20H29N3O2S/c1-6-25-15-8-7-9-16-17(15)21-19(26-16)23-12-10-14(11-13-23)22(5)18(24)20(2,3)4/h7-9,14H,6,10-13H2,1-5H3. The Hall–Kier alpha value is -1.82. The largest absolute Gasteiger partial charge is 0.492 e. The van der Waals surface area contributed by atoms with Gasteiger partial charge in [-0.2, -0.15) is 0 Å². The van der Waals surface area contributed by atoms with Crippen molar-refractivity contribution < 1.29 is 9.53 Å². The van der Waals surface area contributed by atoms with Crippen molar-refractivity contribution in [2.45, 2.75) is 46.6 Å². The molecule has 0 aliphatic carbocycles. The van der Waals surface area contributed by atoms with E-state index in [-0.39, 0.29) is 11.3 Å². The van der Waals surface area contributed by atoms with E-state index in [1.54, 1.807) is 11.3 Å². The van der Waals surface area contributed by atoms with Gasteiger partial charge in [0.15, 0.2) is 5.13 Å². The highest BCUT2D eigenvalue weighted by Crippen LogP contribution is 2.35. The first-order chi connectivity index (χ1) is 12.3. The van der Waals surface area contributed by atoms with Crippen LogP contribution < -0.4 is 9.64 Å². The zero-order valence-electron chi connectivity index (χ0n) is 16.4. The van der Waals surface area contributed by atoms with Crippen LogP contribution in [0, 0.1) is 5.41 Å². The fourth-order valence-corrected chi connectivity index (χ4v) is 4.49. The lowest BCUT2D eigenvalue weighted by Gasteiger charge is -2.38. The van der Waals surface area contributed by atoms with Gasteiger partial charge in [-0.15, -0.1) is 0 Å². The summed E-state index contributed by atoms with van der Waals surface area (Å²) in [6, 6.07) is 6.41. The maximum absolute atomic E-state index is 12.5. The number of hydrogen-bond acceptors (Lipinski definition) is 5. The second kappa shape index (κ2) is 7.43. The van der Waals surface area contributed by atoms with Gasteiger partial charge >= 0.3 is 0 Å². The van der Waals surface area contributed by atoms with Crippen molar-refractivity contribution in [3.8, 4) is 5.75 Å². The van der Waals surface area contributed by atoms with Crippen molar-refractivity contribution >= 4 is 32.6 Å². The van der Waals surface area contributed by atoms with E-state index in [1.165, 1.54) is 0 Å². The number of amides is 1. The number of benzene rings is 1. The van der Waals surface area contributed by atoms with Crippen LogP contribution in [0.2, 0.25) is 0 Å². The smallest absolute Gasteiger partial charge is 0.227 e. The summed E-state index contributed by atoms with van der Waals surface area (Å²) >= 11 is 1.72. The van der Waals surface area contributed by atoms with Crippen molar-refractivity contribution in [3.63, 3.8) is 0 Å². The van der Waals surface area contributed by atoms with Gasteiger partial charge in [-0.05, 0) is 31.9 Å². The summed E-state index contributed by atoms with van der Waals surface area (Å²) in [6.45, 7) is 10.4. The van der Waals surface area contributed by atoms with Gasteiger partial charge in [0, 0.05) is 31.6 Å². The highest BCUT2D eigenvalue weighted by Gasteiger charge is 2.32. The molecule has 3 rings (SSSR count). The summed E-state index contributed by atoms with van der Waals surface area (Å²) in [6.07, 6.45) is 1.96. The first-order valence-electron chi connectivity index (χ1n) is 9.36. The number of nitrogens with zero attached hydrogens (tertiary/aromatic N) is 3. The van der Waals surface area contributed by atoms with Gasteiger partial charge in [-0.25, -0.2) is 4.98 Å². The van der Waals surface area contributed by atoms with Crippen molar-refractivity contribution in [3.05, 3.63) is 18.2 Å². The predicted octanol–water partition coefficient (Wildman–Crippen LogP) is 4.17. The number of para-hydroxylation sites is 1. The average molecular weight is 376 g/mol.